The van der Waals surface area contributed by atoms with Gasteiger partial charge in [-0.2, -0.15) is 0 Å². The van der Waals surface area contributed by atoms with Gasteiger partial charge in [0.1, 0.15) is 11.3 Å². The van der Waals surface area contributed by atoms with Crippen LogP contribution < -0.4 is 4.74 Å². The van der Waals surface area contributed by atoms with Crippen molar-refractivity contribution in [3.8, 4) is 5.75 Å². The summed E-state index contributed by atoms with van der Waals surface area (Å²) in [5.74, 6) is 0.487. The van der Waals surface area contributed by atoms with Gasteiger partial charge in [-0.25, -0.2) is 4.79 Å². The molecule has 0 amide bonds. The van der Waals surface area contributed by atoms with Gasteiger partial charge in [0.25, 0.3) is 0 Å². The van der Waals surface area contributed by atoms with Crippen LogP contribution in [0.25, 0.3) is 0 Å². The van der Waals surface area contributed by atoms with Crippen molar-refractivity contribution in [1.29, 1.82) is 0 Å². The van der Waals surface area contributed by atoms with Crippen molar-refractivity contribution in [2.24, 2.45) is 0 Å². The van der Waals surface area contributed by atoms with Gasteiger partial charge < -0.3 is 9.47 Å². The van der Waals surface area contributed by atoms with Gasteiger partial charge in [-0.05, 0) is 33.5 Å². The second kappa shape index (κ2) is 5.34. The number of hydrogen-bond donors (Lipinski definition) is 0. The van der Waals surface area contributed by atoms with Crippen molar-refractivity contribution in [3.05, 3.63) is 27.7 Å². The third-order valence-corrected chi connectivity index (χ3v) is 3.18. The number of esters is 1. The molecule has 0 heterocycles. The van der Waals surface area contributed by atoms with Gasteiger partial charge in [0.2, 0.25) is 0 Å². The molecule has 0 unspecified atom stereocenters. The molecule has 16 heavy (non-hydrogen) atoms. The van der Waals surface area contributed by atoms with E-state index in [1.807, 2.05) is 6.07 Å². The molecule has 0 bridgehead atoms. The standard InChI is InChI=1S/C12H15BrO3/c1-7(2)8-5-6-9(12(14)16-4)11(15-3)10(8)13/h5-7H,1-4H3. The van der Waals surface area contributed by atoms with Gasteiger partial charge in [0.15, 0.2) is 0 Å². The SMILES string of the molecule is COC(=O)c1ccc(C(C)C)c(Br)c1OC. The highest BCUT2D eigenvalue weighted by Gasteiger charge is 2.19. The van der Waals surface area contributed by atoms with Gasteiger partial charge in [-0.15, -0.1) is 0 Å². The van der Waals surface area contributed by atoms with Crippen LogP contribution in [0.5, 0.6) is 5.75 Å². The average Bonchev–Trinajstić information content (AvgIpc) is 2.26. The minimum atomic E-state index is -0.396. The first kappa shape index (κ1) is 13.0. The normalized spacial score (nSPS) is 10.4. The molecule has 0 atom stereocenters. The number of carbonyl (C=O) groups excluding carboxylic acids is 1. The Morgan fingerprint density at radius 1 is 1.31 bits per heavy atom. The van der Waals surface area contributed by atoms with Crippen LogP contribution in [0, 0.1) is 0 Å². The zero-order chi connectivity index (χ0) is 12.3. The van der Waals surface area contributed by atoms with E-state index in [0.29, 0.717) is 17.2 Å². The van der Waals surface area contributed by atoms with Gasteiger partial charge in [-0.1, -0.05) is 19.9 Å². The van der Waals surface area contributed by atoms with Crippen molar-refractivity contribution in [1.82, 2.24) is 0 Å². The molecule has 0 saturated heterocycles. The summed E-state index contributed by atoms with van der Waals surface area (Å²) in [7, 11) is 2.89. The van der Waals surface area contributed by atoms with E-state index in [1.165, 1.54) is 14.2 Å². The van der Waals surface area contributed by atoms with Crippen LogP contribution in [0.4, 0.5) is 0 Å². The minimum Gasteiger partial charge on any atom is -0.495 e. The number of halogens is 1. The average molecular weight is 287 g/mol. The van der Waals surface area contributed by atoms with E-state index in [2.05, 4.69) is 29.8 Å². The highest BCUT2D eigenvalue weighted by atomic mass is 79.9. The van der Waals surface area contributed by atoms with Crippen LogP contribution in [0.2, 0.25) is 0 Å². The quantitative estimate of drug-likeness (QED) is 0.800. The molecule has 0 aliphatic rings. The molecule has 1 aromatic rings. The molecule has 4 heteroatoms. The van der Waals surface area contributed by atoms with Gasteiger partial charge in [0.05, 0.1) is 18.7 Å². The first-order valence-corrected chi connectivity index (χ1v) is 5.76. The van der Waals surface area contributed by atoms with Crippen LogP contribution in [0.1, 0.15) is 35.7 Å². The maximum Gasteiger partial charge on any atom is 0.341 e. The number of rotatable bonds is 3. The molecule has 0 spiro atoms. The van der Waals surface area contributed by atoms with Crippen LogP contribution in [-0.4, -0.2) is 20.2 Å². The molecule has 1 rings (SSSR count). The fourth-order valence-electron chi connectivity index (χ4n) is 1.49. The first-order valence-electron chi connectivity index (χ1n) is 4.97. The van der Waals surface area contributed by atoms with E-state index >= 15 is 0 Å². The Labute approximate surface area is 104 Å². The van der Waals surface area contributed by atoms with Gasteiger partial charge >= 0.3 is 5.97 Å². The van der Waals surface area contributed by atoms with Crippen LogP contribution >= 0.6 is 15.9 Å². The Bertz CT molecular complexity index is 399. The molecule has 3 nitrogen and oxygen atoms in total. The number of carbonyl (C=O) groups is 1. The third kappa shape index (κ3) is 2.38. The molecule has 0 aliphatic heterocycles. The number of hydrogen-bond acceptors (Lipinski definition) is 3. The van der Waals surface area contributed by atoms with Crippen molar-refractivity contribution < 1.29 is 14.3 Å². The largest absolute Gasteiger partial charge is 0.495 e. The fourth-order valence-corrected chi connectivity index (χ4v) is 2.45. The predicted octanol–water partition coefficient (Wildman–Crippen LogP) is 3.37. The summed E-state index contributed by atoms with van der Waals surface area (Å²) in [6.07, 6.45) is 0. The summed E-state index contributed by atoms with van der Waals surface area (Å²) in [5.41, 5.74) is 1.53. The lowest BCUT2D eigenvalue weighted by Gasteiger charge is -2.14. The number of benzene rings is 1. The van der Waals surface area contributed by atoms with Gasteiger partial charge in [0, 0.05) is 0 Å². The Kier molecular flexibility index (Phi) is 4.35. The summed E-state index contributed by atoms with van der Waals surface area (Å²) in [5, 5.41) is 0. The van der Waals surface area contributed by atoms with E-state index in [1.54, 1.807) is 6.07 Å². The van der Waals surface area contributed by atoms with E-state index in [-0.39, 0.29) is 0 Å². The summed E-state index contributed by atoms with van der Waals surface area (Å²) < 4.78 is 10.7. The lowest BCUT2D eigenvalue weighted by Crippen LogP contribution is -2.06. The fraction of sp³-hybridized carbons (Fsp3) is 0.417. The van der Waals surface area contributed by atoms with E-state index in [0.717, 1.165) is 10.0 Å². The second-order valence-electron chi connectivity index (χ2n) is 3.70. The highest BCUT2D eigenvalue weighted by molar-refractivity contribution is 9.10. The molecule has 0 aliphatic carbocycles. The molecule has 1 aromatic carbocycles. The Morgan fingerprint density at radius 2 is 1.94 bits per heavy atom. The molecule has 0 saturated carbocycles. The van der Waals surface area contributed by atoms with Crippen LogP contribution in [-0.2, 0) is 4.74 Å². The van der Waals surface area contributed by atoms with Crippen LogP contribution in [0.15, 0.2) is 16.6 Å². The maximum absolute atomic E-state index is 11.5. The summed E-state index contributed by atoms with van der Waals surface area (Å²) >= 11 is 3.46. The van der Waals surface area contributed by atoms with Crippen molar-refractivity contribution in [3.63, 3.8) is 0 Å². The lowest BCUT2D eigenvalue weighted by molar-refractivity contribution is 0.0597. The predicted molar refractivity (Wildman–Crippen MR) is 66.1 cm³/mol. The maximum atomic E-state index is 11.5. The zero-order valence-corrected chi connectivity index (χ0v) is 11.4. The summed E-state index contributed by atoms with van der Waals surface area (Å²) in [4.78, 5) is 11.5. The van der Waals surface area contributed by atoms with Crippen LogP contribution in [0.3, 0.4) is 0 Å². The second-order valence-corrected chi connectivity index (χ2v) is 4.49. The first-order chi connectivity index (χ1) is 7.52. The lowest BCUT2D eigenvalue weighted by atomic mass is 10.0. The van der Waals surface area contributed by atoms with Crippen molar-refractivity contribution >= 4 is 21.9 Å². The Hall–Kier alpha value is -1.03. The molecule has 0 fully saturated rings. The number of ether oxygens (including phenoxy) is 2. The highest BCUT2D eigenvalue weighted by Crippen LogP contribution is 2.36. The van der Waals surface area contributed by atoms with E-state index < -0.39 is 5.97 Å². The smallest absolute Gasteiger partial charge is 0.341 e. The van der Waals surface area contributed by atoms with Crippen molar-refractivity contribution in [2.75, 3.05) is 14.2 Å². The Balaban J connectivity index is 3.35. The summed E-state index contributed by atoms with van der Waals surface area (Å²) in [6.45, 7) is 4.16. The molecular weight excluding hydrogens is 272 g/mol. The number of methoxy groups -OCH3 is 2. The van der Waals surface area contributed by atoms with E-state index in [4.69, 9.17) is 9.47 Å². The van der Waals surface area contributed by atoms with E-state index in [9.17, 15) is 4.79 Å². The third-order valence-electron chi connectivity index (χ3n) is 2.36. The summed E-state index contributed by atoms with van der Waals surface area (Å²) in [6, 6.07) is 3.63. The molecule has 0 aromatic heterocycles. The molecule has 0 N–H and O–H groups in total. The minimum absolute atomic E-state index is 0.356. The Morgan fingerprint density at radius 3 is 2.38 bits per heavy atom. The molecular formula is C12H15BrO3. The van der Waals surface area contributed by atoms with Crippen molar-refractivity contribution in [2.45, 2.75) is 19.8 Å². The van der Waals surface area contributed by atoms with Gasteiger partial charge in [-0.3, -0.25) is 0 Å². The topological polar surface area (TPSA) is 35.5 Å². The monoisotopic (exact) mass is 286 g/mol. The zero-order valence-electron chi connectivity index (χ0n) is 9.83. The molecule has 0 radical (unpaired) electrons. The molecule has 88 valence electrons.